The molecule has 6 heteroatoms. The SMILES string of the molecule is CSc1ccc(C(=O)N(C)C2CCS(=O)(=O)CC2)cc1. The van der Waals surface area contributed by atoms with Crippen LogP contribution in [0.5, 0.6) is 0 Å². The molecule has 0 atom stereocenters. The Morgan fingerprint density at radius 1 is 1.20 bits per heavy atom. The normalized spacial score (nSPS) is 18.7. The van der Waals surface area contributed by atoms with Crippen molar-refractivity contribution in [2.24, 2.45) is 0 Å². The quantitative estimate of drug-likeness (QED) is 0.802. The number of rotatable bonds is 3. The predicted octanol–water partition coefficient (Wildman–Crippen LogP) is 2.06. The standard InChI is InChI=1S/C14H19NO3S2/c1-15(12-7-9-20(17,18)10-8-12)14(16)11-3-5-13(19-2)6-4-11/h3-6,12H,7-10H2,1-2H3. The highest BCUT2D eigenvalue weighted by molar-refractivity contribution is 7.98. The lowest BCUT2D eigenvalue weighted by Crippen LogP contribution is -2.42. The molecule has 1 aliphatic heterocycles. The van der Waals surface area contributed by atoms with Crippen molar-refractivity contribution >= 4 is 27.5 Å². The fourth-order valence-electron chi connectivity index (χ4n) is 2.37. The molecule has 2 rings (SSSR count). The molecule has 1 amide bonds. The molecule has 1 saturated heterocycles. The molecule has 0 bridgehead atoms. The average Bonchev–Trinajstić information content (AvgIpc) is 2.46. The number of carbonyl (C=O) groups excluding carboxylic acids is 1. The van der Waals surface area contributed by atoms with Gasteiger partial charge in [0.2, 0.25) is 0 Å². The molecule has 4 nitrogen and oxygen atoms in total. The average molecular weight is 313 g/mol. The van der Waals surface area contributed by atoms with Gasteiger partial charge in [-0.1, -0.05) is 0 Å². The first kappa shape index (κ1) is 15.4. The van der Waals surface area contributed by atoms with Crippen molar-refractivity contribution in [2.75, 3.05) is 24.8 Å². The molecule has 0 N–H and O–H groups in total. The summed E-state index contributed by atoms with van der Waals surface area (Å²) in [4.78, 5) is 15.2. The van der Waals surface area contributed by atoms with Crippen LogP contribution in [0.4, 0.5) is 0 Å². The van der Waals surface area contributed by atoms with E-state index in [9.17, 15) is 13.2 Å². The van der Waals surface area contributed by atoms with Gasteiger partial charge in [-0.25, -0.2) is 8.42 Å². The molecule has 110 valence electrons. The Balaban J connectivity index is 2.04. The summed E-state index contributed by atoms with van der Waals surface area (Å²) in [6, 6.07) is 7.52. The van der Waals surface area contributed by atoms with E-state index in [1.54, 1.807) is 23.7 Å². The van der Waals surface area contributed by atoms with Crippen molar-refractivity contribution in [2.45, 2.75) is 23.8 Å². The highest BCUT2D eigenvalue weighted by Gasteiger charge is 2.28. The third-order valence-electron chi connectivity index (χ3n) is 3.73. The van der Waals surface area contributed by atoms with Gasteiger partial charge in [0.25, 0.3) is 5.91 Å². The molecule has 0 aromatic heterocycles. The van der Waals surface area contributed by atoms with Gasteiger partial charge in [-0.3, -0.25) is 4.79 Å². The zero-order valence-corrected chi connectivity index (χ0v) is 13.3. The zero-order valence-electron chi connectivity index (χ0n) is 11.7. The highest BCUT2D eigenvalue weighted by atomic mass is 32.2. The molecule has 20 heavy (non-hydrogen) atoms. The maximum atomic E-state index is 12.4. The van der Waals surface area contributed by atoms with E-state index in [1.165, 1.54) is 0 Å². The molecule has 1 aromatic carbocycles. The molecule has 1 aromatic rings. The molecule has 0 unspecified atom stereocenters. The number of sulfone groups is 1. The third kappa shape index (κ3) is 3.55. The van der Waals surface area contributed by atoms with Crippen LogP contribution in [0.25, 0.3) is 0 Å². The summed E-state index contributed by atoms with van der Waals surface area (Å²) in [6.07, 6.45) is 3.06. The summed E-state index contributed by atoms with van der Waals surface area (Å²) in [7, 11) is -1.13. The molecule has 0 radical (unpaired) electrons. The van der Waals surface area contributed by atoms with E-state index in [2.05, 4.69) is 0 Å². The van der Waals surface area contributed by atoms with Crippen LogP contribution in [0.1, 0.15) is 23.2 Å². The van der Waals surface area contributed by atoms with Gasteiger partial charge in [0.05, 0.1) is 11.5 Å². The number of nitrogens with zero attached hydrogens (tertiary/aromatic N) is 1. The Bertz CT molecular complexity index is 567. The Morgan fingerprint density at radius 2 is 1.75 bits per heavy atom. The van der Waals surface area contributed by atoms with Gasteiger partial charge in [-0.2, -0.15) is 0 Å². The Labute approximate surface area is 124 Å². The van der Waals surface area contributed by atoms with Crippen LogP contribution in [-0.4, -0.2) is 50.1 Å². The fraction of sp³-hybridized carbons (Fsp3) is 0.500. The number of thioether (sulfide) groups is 1. The largest absolute Gasteiger partial charge is 0.339 e. The van der Waals surface area contributed by atoms with Gasteiger partial charge in [-0.15, -0.1) is 11.8 Å². The number of benzene rings is 1. The second-order valence-electron chi connectivity index (χ2n) is 5.03. The topological polar surface area (TPSA) is 54.5 Å². The lowest BCUT2D eigenvalue weighted by Gasteiger charge is -2.31. The van der Waals surface area contributed by atoms with Gasteiger partial charge in [0.1, 0.15) is 9.84 Å². The molecule has 1 fully saturated rings. The van der Waals surface area contributed by atoms with Crippen molar-refractivity contribution in [1.29, 1.82) is 0 Å². The first-order valence-electron chi connectivity index (χ1n) is 6.54. The van der Waals surface area contributed by atoms with Crippen molar-refractivity contribution in [1.82, 2.24) is 4.90 Å². The minimum atomic E-state index is -2.89. The Morgan fingerprint density at radius 3 is 2.25 bits per heavy atom. The van der Waals surface area contributed by atoms with Gasteiger partial charge >= 0.3 is 0 Å². The van der Waals surface area contributed by atoms with Crippen molar-refractivity contribution in [3.05, 3.63) is 29.8 Å². The van der Waals surface area contributed by atoms with Crippen LogP contribution >= 0.6 is 11.8 Å². The monoisotopic (exact) mass is 313 g/mol. The van der Waals surface area contributed by atoms with Crippen LogP contribution in [0.15, 0.2) is 29.2 Å². The zero-order chi connectivity index (χ0) is 14.8. The lowest BCUT2D eigenvalue weighted by atomic mass is 10.1. The first-order valence-corrected chi connectivity index (χ1v) is 9.59. The third-order valence-corrected chi connectivity index (χ3v) is 6.19. The minimum absolute atomic E-state index is 0.0197. The van der Waals surface area contributed by atoms with E-state index in [1.807, 2.05) is 30.5 Å². The van der Waals surface area contributed by atoms with Gasteiger partial charge < -0.3 is 4.90 Å². The number of hydrogen-bond donors (Lipinski definition) is 0. The minimum Gasteiger partial charge on any atom is -0.339 e. The molecule has 0 spiro atoms. The number of carbonyl (C=O) groups is 1. The summed E-state index contributed by atoms with van der Waals surface area (Å²) in [5, 5.41) is 0. The van der Waals surface area contributed by atoms with Gasteiger partial charge in [-0.05, 0) is 43.4 Å². The first-order chi connectivity index (χ1) is 9.43. The lowest BCUT2D eigenvalue weighted by molar-refractivity contribution is 0.0721. The van der Waals surface area contributed by atoms with E-state index in [4.69, 9.17) is 0 Å². The van der Waals surface area contributed by atoms with Crippen molar-refractivity contribution < 1.29 is 13.2 Å². The van der Waals surface area contributed by atoms with Crippen LogP contribution in [0.3, 0.4) is 0 Å². The van der Waals surface area contributed by atoms with Crippen LogP contribution in [0.2, 0.25) is 0 Å². The van der Waals surface area contributed by atoms with Crippen molar-refractivity contribution in [3.8, 4) is 0 Å². The van der Waals surface area contributed by atoms with Gasteiger partial charge in [0, 0.05) is 23.5 Å². The van der Waals surface area contributed by atoms with Crippen LogP contribution in [-0.2, 0) is 9.84 Å². The summed E-state index contributed by atoms with van der Waals surface area (Å²) >= 11 is 1.63. The molecule has 1 aliphatic rings. The number of hydrogen-bond acceptors (Lipinski definition) is 4. The summed E-state index contributed by atoms with van der Waals surface area (Å²) in [5.74, 6) is 0.323. The number of amides is 1. The van der Waals surface area contributed by atoms with E-state index < -0.39 is 9.84 Å². The van der Waals surface area contributed by atoms with E-state index in [0.29, 0.717) is 18.4 Å². The van der Waals surface area contributed by atoms with Crippen LogP contribution in [0, 0.1) is 0 Å². The fourth-order valence-corrected chi connectivity index (χ4v) is 4.24. The molecular formula is C14H19NO3S2. The summed E-state index contributed by atoms with van der Waals surface area (Å²) < 4.78 is 22.8. The molecule has 0 saturated carbocycles. The summed E-state index contributed by atoms with van der Waals surface area (Å²) in [6.45, 7) is 0. The Hall–Kier alpha value is -1.01. The van der Waals surface area contributed by atoms with E-state index in [0.717, 1.165) is 4.90 Å². The smallest absolute Gasteiger partial charge is 0.253 e. The van der Waals surface area contributed by atoms with Crippen molar-refractivity contribution in [3.63, 3.8) is 0 Å². The molecular weight excluding hydrogens is 294 g/mol. The molecule has 1 heterocycles. The predicted molar refractivity (Wildman–Crippen MR) is 82.0 cm³/mol. The molecule has 0 aliphatic carbocycles. The highest BCUT2D eigenvalue weighted by Crippen LogP contribution is 2.20. The maximum absolute atomic E-state index is 12.4. The van der Waals surface area contributed by atoms with E-state index >= 15 is 0 Å². The maximum Gasteiger partial charge on any atom is 0.253 e. The van der Waals surface area contributed by atoms with Crippen LogP contribution < -0.4 is 0 Å². The summed E-state index contributed by atoms with van der Waals surface area (Å²) in [5.41, 5.74) is 0.652. The second-order valence-corrected chi connectivity index (χ2v) is 8.21. The Kier molecular flexibility index (Phi) is 4.75. The van der Waals surface area contributed by atoms with Gasteiger partial charge in [0.15, 0.2) is 0 Å². The van der Waals surface area contributed by atoms with E-state index in [-0.39, 0.29) is 23.5 Å². The second kappa shape index (κ2) is 6.18.